The van der Waals surface area contributed by atoms with E-state index in [9.17, 15) is 9.90 Å². The lowest BCUT2D eigenvalue weighted by molar-refractivity contribution is -0.136. The van der Waals surface area contributed by atoms with Crippen LogP contribution in [0.1, 0.15) is 66.5 Å². The van der Waals surface area contributed by atoms with Crippen LogP contribution in [0, 0.1) is 24.0 Å². The van der Waals surface area contributed by atoms with Crippen molar-refractivity contribution < 1.29 is 24.3 Å². The number of carboxylic acid groups (broad SMARTS) is 1. The predicted molar refractivity (Wildman–Crippen MR) is 133 cm³/mol. The van der Waals surface area contributed by atoms with Gasteiger partial charge < -0.3 is 19.5 Å². The number of aromatic nitrogens is 2. The minimum Gasteiger partial charge on any atom is -0.481 e. The Balaban J connectivity index is 1.20. The fourth-order valence-corrected chi connectivity index (χ4v) is 7.47. The number of carboxylic acids is 1. The van der Waals surface area contributed by atoms with E-state index in [0.717, 1.165) is 37.0 Å². The Kier molecular flexibility index (Phi) is 6.25. The van der Waals surface area contributed by atoms with Gasteiger partial charge in [0.1, 0.15) is 27.1 Å². The van der Waals surface area contributed by atoms with Gasteiger partial charge in [0.2, 0.25) is 0 Å². The summed E-state index contributed by atoms with van der Waals surface area (Å²) in [5.41, 5.74) is 1.49. The van der Waals surface area contributed by atoms with E-state index in [1.165, 1.54) is 11.3 Å². The van der Waals surface area contributed by atoms with Crippen molar-refractivity contribution in [1.29, 1.82) is 0 Å². The zero-order valence-corrected chi connectivity index (χ0v) is 21.6. The zero-order valence-electron chi connectivity index (χ0n) is 19.3. The summed E-state index contributed by atoms with van der Waals surface area (Å²) < 4.78 is 12.2. The highest BCUT2D eigenvalue weighted by Crippen LogP contribution is 2.56. The van der Waals surface area contributed by atoms with Crippen LogP contribution in [0.5, 0.6) is 0 Å². The summed E-state index contributed by atoms with van der Waals surface area (Å²) in [5, 5.41) is 28.3. The average molecular weight is 547 g/mol. The van der Waals surface area contributed by atoms with Gasteiger partial charge in [-0.25, -0.2) is 4.98 Å². The number of aliphatic hydroxyl groups is 1. The maximum atomic E-state index is 11.7. The van der Waals surface area contributed by atoms with Gasteiger partial charge in [-0.3, -0.25) is 4.79 Å². The molecule has 36 heavy (non-hydrogen) atoms. The highest BCUT2D eigenvalue weighted by Gasteiger charge is 2.56. The van der Waals surface area contributed by atoms with Gasteiger partial charge in [0.05, 0.1) is 35.4 Å². The molecule has 3 aromatic rings. The number of carbonyl (C=O) groups is 1. The molecule has 2 N–H and O–H groups in total. The van der Waals surface area contributed by atoms with Gasteiger partial charge in [-0.1, -0.05) is 34.4 Å². The SMILES string of the molecule is O=C(O)Cc1csc([C@]2(O)[C@@H]3CC[C@H]2C[C@H](OCc2c(-c4c(Cl)c#ccc4Cl)noc2C2CC2)C3)n1. The number of rotatable bonds is 8. The van der Waals surface area contributed by atoms with Crippen molar-refractivity contribution in [3.05, 3.63) is 55.6 Å². The van der Waals surface area contributed by atoms with Gasteiger partial charge in [-0.2, -0.15) is 0 Å². The van der Waals surface area contributed by atoms with Gasteiger partial charge in [-0.05, 0) is 56.4 Å². The predicted octanol–water partition coefficient (Wildman–Crippen LogP) is 5.80. The molecule has 3 aliphatic rings. The lowest BCUT2D eigenvalue weighted by Gasteiger charge is -2.41. The van der Waals surface area contributed by atoms with Crippen LogP contribution in [-0.4, -0.2) is 32.4 Å². The smallest absolute Gasteiger partial charge is 0.309 e. The Bertz CT molecular complexity index is 1270. The molecule has 0 aliphatic heterocycles. The molecule has 0 unspecified atom stereocenters. The van der Waals surface area contributed by atoms with Crippen molar-refractivity contribution in [3.63, 3.8) is 0 Å². The van der Waals surface area contributed by atoms with E-state index in [1.807, 2.05) is 0 Å². The minimum absolute atomic E-state index is 0.0121. The molecule has 3 fully saturated rings. The van der Waals surface area contributed by atoms with Crippen LogP contribution in [0.3, 0.4) is 0 Å². The summed E-state index contributed by atoms with van der Waals surface area (Å²) in [6.45, 7) is 0.318. The normalized spacial score (nSPS) is 27.2. The minimum atomic E-state index is -1.03. The molecule has 188 valence electrons. The first-order chi connectivity index (χ1) is 17.3. The van der Waals surface area contributed by atoms with E-state index < -0.39 is 11.6 Å². The van der Waals surface area contributed by atoms with Crippen molar-refractivity contribution >= 4 is 40.5 Å². The first-order valence-corrected chi connectivity index (χ1v) is 13.7. The number of nitrogens with zero attached hydrogens (tertiary/aromatic N) is 2. The van der Waals surface area contributed by atoms with Crippen molar-refractivity contribution in [2.45, 2.75) is 69.2 Å². The van der Waals surface area contributed by atoms with Crippen molar-refractivity contribution in [3.8, 4) is 11.3 Å². The molecular weight excluding hydrogens is 523 g/mol. The summed E-state index contributed by atoms with van der Waals surface area (Å²) in [5.74, 6) is 0.260. The van der Waals surface area contributed by atoms with Crippen LogP contribution >= 0.6 is 34.5 Å². The first kappa shape index (κ1) is 24.2. The van der Waals surface area contributed by atoms with Crippen LogP contribution in [0.25, 0.3) is 11.3 Å². The number of hydrogen-bond donors (Lipinski definition) is 2. The van der Waals surface area contributed by atoms with E-state index in [2.05, 4.69) is 22.3 Å². The molecule has 4 atom stereocenters. The van der Waals surface area contributed by atoms with Gasteiger partial charge >= 0.3 is 5.97 Å². The zero-order chi connectivity index (χ0) is 25.0. The lowest BCUT2D eigenvalue weighted by atomic mass is 9.73. The third-order valence-electron chi connectivity index (χ3n) is 7.74. The van der Waals surface area contributed by atoms with Gasteiger partial charge in [0.25, 0.3) is 0 Å². The highest BCUT2D eigenvalue weighted by molar-refractivity contribution is 7.09. The van der Waals surface area contributed by atoms with Crippen LogP contribution < -0.4 is 0 Å². The van der Waals surface area contributed by atoms with Gasteiger partial charge in [0, 0.05) is 22.9 Å². The number of fused-ring (bicyclic) bond motifs is 2. The second-order valence-corrected chi connectivity index (χ2v) is 11.7. The summed E-state index contributed by atoms with van der Waals surface area (Å²) in [6.07, 6.45) is 5.13. The maximum absolute atomic E-state index is 11.7. The molecule has 0 radical (unpaired) electrons. The third-order valence-corrected chi connectivity index (χ3v) is 9.35. The van der Waals surface area contributed by atoms with Crippen molar-refractivity contribution in [2.75, 3.05) is 0 Å². The van der Waals surface area contributed by atoms with E-state index in [0.29, 0.717) is 57.4 Å². The Hall–Kier alpha value is -2.15. The Morgan fingerprint density at radius 3 is 2.67 bits per heavy atom. The van der Waals surface area contributed by atoms with Crippen LogP contribution in [-0.2, 0) is 28.2 Å². The number of hydrogen-bond acceptors (Lipinski definition) is 7. The topological polar surface area (TPSA) is 106 Å². The summed E-state index contributed by atoms with van der Waals surface area (Å²) >= 11 is 14.2. The largest absolute Gasteiger partial charge is 0.481 e. The Morgan fingerprint density at radius 1 is 1.25 bits per heavy atom. The molecule has 10 heteroatoms. The second kappa shape index (κ2) is 9.30. The average Bonchev–Trinajstić information content (AvgIpc) is 3.40. The monoisotopic (exact) mass is 546 g/mol. The molecule has 1 aromatic carbocycles. The number of ether oxygens (including phenoxy) is 1. The van der Waals surface area contributed by atoms with E-state index in [4.69, 9.17) is 37.6 Å². The molecule has 2 heterocycles. The van der Waals surface area contributed by atoms with E-state index >= 15 is 0 Å². The summed E-state index contributed by atoms with van der Waals surface area (Å²) in [4.78, 5) is 15.6. The number of halogens is 2. The number of thiazole rings is 1. The molecule has 7 nitrogen and oxygen atoms in total. The van der Waals surface area contributed by atoms with Gasteiger partial charge in [-0.15, -0.1) is 11.3 Å². The van der Waals surface area contributed by atoms with E-state index in [1.54, 1.807) is 11.4 Å². The van der Waals surface area contributed by atoms with Gasteiger partial charge in [0.15, 0.2) is 0 Å². The Labute approximate surface area is 222 Å². The fourth-order valence-electron chi connectivity index (χ4n) is 5.86. The molecule has 0 amide bonds. The van der Waals surface area contributed by atoms with Crippen molar-refractivity contribution in [2.24, 2.45) is 11.8 Å². The molecule has 2 aromatic heterocycles. The molecule has 2 bridgehead atoms. The second-order valence-electron chi connectivity index (χ2n) is 10.0. The molecule has 3 saturated carbocycles. The molecule has 6 rings (SSSR count). The molecule has 3 aliphatic carbocycles. The lowest BCUT2D eigenvalue weighted by Crippen LogP contribution is -2.44. The highest BCUT2D eigenvalue weighted by atomic mass is 35.5. The summed E-state index contributed by atoms with van der Waals surface area (Å²) in [7, 11) is 0. The maximum Gasteiger partial charge on any atom is 0.309 e. The number of aliphatic carboxylic acids is 1. The molecule has 0 spiro atoms. The van der Waals surface area contributed by atoms with E-state index in [-0.39, 0.29) is 24.4 Å². The molecular formula is C26H24Cl2N2O5S. The van der Waals surface area contributed by atoms with Crippen LogP contribution in [0.4, 0.5) is 0 Å². The molecule has 0 saturated heterocycles. The fraction of sp³-hybridized carbons (Fsp3) is 0.500. The quantitative estimate of drug-likeness (QED) is 0.367. The standard InChI is InChI=1S/C26H24Cl2N2O5S/c27-19-2-1-3-20(28)22(19)23-18(24(35-30-23)13-4-5-13)11-34-17-8-14-6-7-15(9-17)26(14,33)25-29-16(12-36-25)10-21(31)32/h2,12-15,17,33H,4-11H2,(H,31,32)/t14-,15+,17-,26+. The van der Waals surface area contributed by atoms with Crippen molar-refractivity contribution in [1.82, 2.24) is 10.1 Å². The first-order valence-electron chi connectivity index (χ1n) is 12.1. The Morgan fingerprint density at radius 2 is 2.00 bits per heavy atom. The van der Waals surface area contributed by atoms with Crippen LogP contribution in [0.15, 0.2) is 16.0 Å². The van der Waals surface area contributed by atoms with Crippen LogP contribution in [0.2, 0.25) is 10.0 Å². The summed E-state index contributed by atoms with van der Waals surface area (Å²) in [6, 6.07) is 7.26. The third kappa shape index (κ3) is 4.21.